The summed E-state index contributed by atoms with van der Waals surface area (Å²) in [5.41, 5.74) is 5.74. The molecule has 108 valence electrons. The highest BCUT2D eigenvalue weighted by Gasteiger charge is 2.11. The first-order valence-corrected chi connectivity index (χ1v) is 8.20. The highest BCUT2D eigenvalue weighted by molar-refractivity contribution is 7.17. The Labute approximate surface area is 129 Å². The van der Waals surface area contributed by atoms with Crippen molar-refractivity contribution in [2.75, 3.05) is 0 Å². The number of aryl methyl sites for hydroxylation is 1. The van der Waals surface area contributed by atoms with Gasteiger partial charge in [-0.2, -0.15) is 0 Å². The molecule has 0 spiro atoms. The summed E-state index contributed by atoms with van der Waals surface area (Å²) in [4.78, 5) is 0. The Morgan fingerprint density at radius 3 is 2.57 bits per heavy atom. The van der Waals surface area contributed by atoms with Gasteiger partial charge in [-0.3, -0.25) is 11.3 Å². The Bertz CT molecular complexity index is 691. The predicted molar refractivity (Wildman–Crippen MR) is 91.4 cm³/mol. The Hall–Kier alpha value is -1.68. The molecule has 3 N–H and O–H groups in total. The fourth-order valence-corrected chi connectivity index (χ4v) is 3.66. The third-order valence-electron chi connectivity index (χ3n) is 3.89. The molecule has 0 aliphatic heterocycles. The molecule has 0 saturated carbocycles. The fourth-order valence-electron chi connectivity index (χ4n) is 2.69. The number of benzene rings is 2. The second kappa shape index (κ2) is 6.85. The van der Waals surface area contributed by atoms with Crippen molar-refractivity contribution in [1.29, 1.82) is 0 Å². The summed E-state index contributed by atoms with van der Waals surface area (Å²) in [7, 11) is 0. The maximum absolute atomic E-state index is 5.75. The molecule has 1 heterocycles. The number of hydrogen-bond acceptors (Lipinski definition) is 3. The van der Waals surface area contributed by atoms with E-state index in [1.165, 1.54) is 21.2 Å². The molecule has 3 rings (SSSR count). The van der Waals surface area contributed by atoms with Crippen molar-refractivity contribution >= 4 is 21.4 Å². The van der Waals surface area contributed by atoms with Crippen molar-refractivity contribution in [2.45, 2.75) is 25.3 Å². The van der Waals surface area contributed by atoms with E-state index >= 15 is 0 Å². The standard InChI is InChI=1S/C18H20N2S/c19-20-16(11-10-14-6-2-1-3-7-14)12-15-13-21-18-9-5-4-8-17(15)18/h1-9,13,16,20H,10-12,19H2. The Balaban J connectivity index is 1.67. The molecule has 0 amide bonds. The third kappa shape index (κ3) is 3.50. The maximum atomic E-state index is 5.75. The summed E-state index contributed by atoms with van der Waals surface area (Å²) in [5.74, 6) is 5.75. The van der Waals surface area contributed by atoms with Crippen LogP contribution in [0.4, 0.5) is 0 Å². The van der Waals surface area contributed by atoms with Crippen LogP contribution < -0.4 is 11.3 Å². The Morgan fingerprint density at radius 2 is 1.76 bits per heavy atom. The number of rotatable bonds is 6. The van der Waals surface area contributed by atoms with Crippen LogP contribution in [0.1, 0.15) is 17.5 Å². The van der Waals surface area contributed by atoms with Crippen LogP contribution in [0, 0.1) is 0 Å². The van der Waals surface area contributed by atoms with E-state index in [-0.39, 0.29) is 0 Å². The van der Waals surface area contributed by atoms with Crippen molar-refractivity contribution < 1.29 is 0 Å². The lowest BCUT2D eigenvalue weighted by atomic mass is 9.99. The van der Waals surface area contributed by atoms with Gasteiger partial charge in [0.15, 0.2) is 0 Å². The van der Waals surface area contributed by atoms with Gasteiger partial charge in [-0.25, -0.2) is 0 Å². The summed E-state index contributed by atoms with van der Waals surface area (Å²) in [6.07, 6.45) is 3.08. The molecule has 2 nitrogen and oxygen atoms in total. The van der Waals surface area contributed by atoms with Crippen LogP contribution in [-0.2, 0) is 12.8 Å². The van der Waals surface area contributed by atoms with Crippen LogP contribution in [0.25, 0.3) is 10.1 Å². The monoisotopic (exact) mass is 296 g/mol. The molecule has 0 aliphatic rings. The van der Waals surface area contributed by atoms with E-state index in [4.69, 9.17) is 5.84 Å². The lowest BCUT2D eigenvalue weighted by Gasteiger charge is -2.15. The van der Waals surface area contributed by atoms with Gasteiger partial charge in [0.2, 0.25) is 0 Å². The van der Waals surface area contributed by atoms with Gasteiger partial charge >= 0.3 is 0 Å². The minimum absolute atomic E-state index is 0.309. The quantitative estimate of drug-likeness (QED) is 0.534. The highest BCUT2D eigenvalue weighted by atomic mass is 32.1. The van der Waals surface area contributed by atoms with Gasteiger partial charge in [-0.15, -0.1) is 11.3 Å². The largest absolute Gasteiger partial charge is 0.271 e. The molecule has 2 aromatic carbocycles. The minimum atomic E-state index is 0.309. The maximum Gasteiger partial charge on any atom is 0.0345 e. The van der Waals surface area contributed by atoms with Gasteiger partial charge in [0, 0.05) is 10.7 Å². The zero-order valence-corrected chi connectivity index (χ0v) is 12.8. The predicted octanol–water partition coefficient (Wildman–Crippen LogP) is 3.91. The number of hydrazine groups is 1. The van der Waals surface area contributed by atoms with Crippen molar-refractivity contribution in [3.8, 4) is 0 Å². The zero-order chi connectivity index (χ0) is 14.5. The van der Waals surface area contributed by atoms with Crippen molar-refractivity contribution in [1.82, 2.24) is 5.43 Å². The number of thiophene rings is 1. The summed E-state index contributed by atoms with van der Waals surface area (Å²) in [6, 6.07) is 19.5. The van der Waals surface area contributed by atoms with E-state index in [1.807, 2.05) is 11.3 Å². The summed E-state index contributed by atoms with van der Waals surface area (Å²) < 4.78 is 1.35. The summed E-state index contributed by atoms with van der Waals surface area (Å²) >= 11 is 1.81. The molecular weight excluding hydrogens is 276 g/mol. The second-order valence-electron chi connectivity index (χ2n) is 5.35. The highest BCUT2D eigenvalue weighted by Crippen LogP contribution is 2.27. The average Bonchev–Trinajstić information content (AvgIpc) is 2.95. The van der Waals surface area contributed by atoms with E-state index < -0.39 is 0 Å². The first kappa shape index (κ1) is 14.3. The van der Waals surface area contributed by atoms with Gasteiger partial charge in [-0.05, 0) is 47.2 Å². The molecule has 1 unspecified atom stereocenters. The smallest absolute Gasteiger partial charge is 0.0345 e. The molecule has 3 aromatic rings. The van der Waals surface area contributed by atoms with E-state index in [9.17, 15) is 0 Å². The molecule has 0 radical (unpaired) electrons. The lowest BCUT2D eigenvalue weighted by molar-refractivity contribution is 0.493. The van der Waals surface area contributed by atoms with Crippen LogP contribution in [0.3, 0.4) is 0 Å². The molecule has 1 aromatic heterocycles. The van der Waals surface area contributed by atoms with E-state index in [0.717, 1.165) is 19.3 Å². The van der Waals surface area contributed by atoms with Gasteiger partial charge in [0.1, 0.15) is 0 Å². The molecule has 3 heteroatoms. The number of nitrogens with two attached hydrogens (primary N) is 1. The fraction of sp³-hybridized carbons (Fsp3) is 0.222. The van der Waals surface area contributed by atoms with Crippen LogP contribution in [0.2, 0.25) is 0 Å². The number of nitrogens with one attached hydrogen (secondary N) is 1. The number of fused-ring (bicyclic) bond motifs is 1. The molecule has 0 fully saturated rings. The molecule has 0 aliphatic carbocycles. The summed E-state index contributed by atoms with van der Waals surface area (Å²) in [6.45, 7) is 0. The second-order valence-corrected chi connectivity index (χ2v) is 6.26. The molecule has 21 heavy (non-hydrogen) atoms. The lowest BCUT2D eigenvalue weighted by Crippen LogP contribution is -2.37. The zero-order valence-electron chi connectivity index (χ0n) is 12.0. The van der Waals surface area contributed by atoms with Crippen molar-refractivity contribution in [2.24, 2.45) is 5.84 Å². The van der Waals surface area contributed by atoms with Gasteiger partial charge < -0.3 is 0 Å². The van der Waals surface area contributed by atoms with Crippen LogP contribution >= 0.6 is 11.3 Å². The molecular formula is C18H20N2S. The van der Waals surface area contributed by atoms with E-state index in [0.29, 0.717) is 6.04 Å². The SMILES string of the molecule is NNC(CCc1ccccc1)Cc1csc2ccccc12. The minimum Gasteiger partial charge on any atom is -0.271 e. The van der Waals surface area contributed by atoms with Crippen molar-refractivity contribution in [3.63, 3.8) is 0 Å². The van der Waals surface area contributed by atoms with Crippen LogP contribution in [0.15, 0.2) is 60.0 Å². The Kier molecular flexibility index (Phi) is 4.65. The first-order chi connectivity index (χ1) is 10.4. The van der Waals surface area contributed by atoms with Gasteiger partial charge in [-0.1, -0.05) is 48.5 Å². The van der Waals surface area contributed by atoms with E-state index in [2.05, 4.69) is 65.4 Å². The summed E-state index contributed by atoms with van der Waals surface area (Å²) in [5, 5.41) is 3.62. The van der Waals surface area contributed by atoms with Crippen LogP contribution in [0.5, 0.6) is 0 Å². The third-order valence-corrected chi connectivity index (χ3v) is 4.90. The average molecular weight is 296 g/mol. The Morgan fingerprint density at radius 1 is 1.00 bits per heavy atom. The first-order valence-electron chi connectivity index (χ1n) is 7.32. The molecule has 1 atom stereocenters. The van der Waals surface area contributed by atoms with Gasteiger partial charge in [0.25, 0.3) is 0 Å². The van der Waals surface area contributed by atoms with Crippen LogP contribution in [-0.4, -0.2) is 6.04 Å². The van der Waals surface area contributed by atoms with Crippen molar-refractivity contribution in [3.05, 3.63) is 71.1 Å². The topological polar surface area (TPSA) is 38.0 Å². The normalized spacial score (nSPS) is 12.6. The molecule has 0 saturated heterocycles. The number of hydrogen-bond donors (Lipinski definition) is 2. The van der Waals surface area contributed by atoms with E-state index in [1.54, 1.807) is 0 Å². The van der Waals surface area contributed by atoms with Gasteiger partial charge in [0.05, 0.1) is 0 Å². The molecule has 0 bridgehead atoms.